The second-order valence-electron chi connectivity index (χ2n) is 5.71. The number of guanidine groups is 1. The molecule has 2 aliphatic carbocycles. The standard InChI is InChI=1S/C15H21N3O.HI/c1-18(12-6-7-12)14(16)17-10-15(19)9-8-11-4-2-3-5-13(11)15;/h2-5,12,19H,6-10H2,1H3,(H2,16,17);1H. The van der Waals surface area contributed by atoms with E-state index in [9.17, 15) is 5.11 Å². The SMILES string of the molecule is CN(C(N)=NCC1(O)CCc2ccccc21)C1CC1.I. The predicted molar refractivity (Wildman–Crippen MR) is 91.3 cm³/mol. The van der Waals surface area contributed by atoms with E-state index in [4.69, 9.17) is 5.73 Å². The summed E-state index contributed by atoms with van der Waals surface area (Å²) < 4.78 is 0. The summed E-state index contributed by atoms with van der Waals surface area (Å²) in [5.74, 6) is 0.542. The minimum absolute atomic E-state index is 0. The quantitative estimate of drug-likeness (QED) is 0.473. The van der Waals surface area contributed by atoms with Gasteiger partial charge in [-0.1, -0.05) is 24.3 Å². The molecular weight excluding hydrogens is 365 g/mol. The molecule has 1 atom stereocenters. The van der Waals surface area contributed by atoms with Gasteiger partial charge in [0, 0.05) is 13.1 Å². The number of nitrogens with two attached hydrogens (primary N) is 1. The van der Waals surface area contributed by atoms with Gasteiger partial charge in [-0.05, 0) is 36.8 Å². The van der Waals surface area contributed by atoms with Gasteiger partial charge in [0.15, 0.2) is 5.96 Å². The Balaban J connectivity index is 0.00000147. The van der Waals surface area contributed by atoms with Crippen LogP contribution in [0.4, 0.5) is 0 Å². The molecule has 0 aromatic heterocycles. The number of aryl methyl sites for hydroxylation is 1. The van der Waals surface area contributed by atoms with Crippen LogP contribution in [-0.2, 0) is 12.0 Å². The zero-order valence-electron chi connectivity index (χ0n) is 11.7. The first kappa shape index (κ1) is 15.6. The topological polar surface area (TPSA) is 61.8 Å². The van der Waals surface area contributed by atoms with Crippen LogP contribution in [0.3, 0.4) is 0 Å². The molecule has 1 unspecified atom stereocenters. The maximum absolute atomic E-state index is 10.7. The van der Waals surface area contributed by atoms with Crippen molar-refractivity contribution in [1.82, 2.24) is 4.90 Å². The third-order valence-electron chi connectivity index (χ3n) is 4.29. The number of rotatable bonds is 3. The van der Waals surface area contributed by atoms with Crippen molar-refractivity contribution in [2.24, 2.45) is 10.7 Å². The fourth-order valence-electron chi connectivity index (χ4n) is 2.80. The molecule has 3 rings (SSSR count). The Morgan fingerprint density at radius 2 is 2.15 bits per heavy atom. The molecule has 2 aliphatic rings. The lowest BCUT2D eigenvalue weighted by atomic mass is 9.96. The van der Waals surface area contributed by atoms with E-state index in [1.807, 2.05) is 30.1 Å². The van der Waals surface area contributed by atoms with Crippen molar-refractivity contribution in [3.63, 3.8) is 0 Å². The maximum atomic E-state index is 10.7. The molecule has 110 valence electrons. The smallest absolute Gasteiger partial charge is 0.191 e. The highest BCUT2D eigenvalue weighted by Crippen LogP contribution is 2.37. The first-order chi connectivity index (χ1) is 9.10. The van der Waals surface area contributed by atoms with Crippen LogP contribution in [0.5, 0.6) is 0 Å². The number of halogens is 1. The van der Waals surface area contributed by atoms with E-state index in [-0.39, 0.29) is 24.0 Å². The summed E-state index contributed by atoms with van der Waals surface area (Å²) >= 11 is 0. The Hall–Kier alpha value is -0.820. The van der Waals surface area contributed by atoms with Gasteiger partial charge in [-0.2, -0.15) is 0 Å². The molecule has 20 heavy (non-hydrogen) atoms. The molecule has 1 aromatic carbocycles. The number of hydrogen-bond acceptors (Lipinski definition) is 2. The number of aliphatic hydroxyl groups is 1. The Morgan fingerprint density at radius 1 is 1.45 bits per heavy atom. The van der Waals surface area contributed by atoms with Crippen LogP contribution in [0.25, 0.3) is 0 Å². The summed E-state index contributed by atoms with van der Waals surface area (Å²) in [6, 6.07) is 8.62. The van der Waals surface area contributed by atoms with E-state index in [1.54, 1.807) is 0 Å². The molecule has 1 saturated carbocycles. The molecule has 3 N–H and O–H groups in total. The first-order valence-corrected chi connectivity index (χ1v) is 6.94. The maximum Gasteiger partial charge on any atom is 0.191 e. The fraction of sp³-hybridized carbons (Fsp3) is 0.533. The van der Waals surface area contributed by atoms with E-state index >= 15 is 0 Å². The summed E-state index contributed by atoms with van der Waals surface area (Å²) in [5, 5.41) is 10.7. The molecular formula is C15H22IN3O. The van der Waals surface area contributed by atoms with Crippen molar-refractivity contribution in [3.8, 4) is 0 Å². The number of benzene rings is 1. The Morgan fingerprint density at radius 3 is 2.85 bits per heavy atom. The Labute approximate surface area is 137 Å². The van der Waals surface area contributed by atoms with E-state index in [2.05, 4.69) is 11.1 Å². The minimum atomic E-state index is -0.842. The number of hydrogen-bond donors (Lipinski definition) is 2. The zero-order valence-corrected chi connectivity index (χ0v) is 14.1. The van der Waals surface area contributed by atoms with Gasteiger partial charge in [-0.3, -0.25) is 0 Å². The molecule has 1 aromatic rings. The van der Waals surface area contributed by atoms with Crippen molar-refractivity contribution in [1.29, 1.82) is 0 Å². The summed E-state index contributed by atoms with van der Waals surface area (Å²) in [6.07, 6.45) is 4.04. The average molecular weight is 387 g/mol. The molecule has 0 spiro atoms. The van der Waals surface area contributed by atoms with Crippen LogP contribution in [0, 0.1) is 0 Å². The van der Waals surface area contributed by atoms with Crippen molar-refractivity contribution < 1.29 is 5.11 Å². The normalized spacial score (nSPS) is 25.0. The van der Waals surface area contributed by atoms with Gasteiger partial charge in [0.2, 0.25) is 0 Å². The zero-order chi connectivity index (χ0) is 13.5. The van der Waals surface area contributed by atoms with Crippen molar-refractivity contribution in [2.45, 2.75) is 37.3 Å². The summed E-state index contributed by atoms with van der Waals surface area (Å²) in [6.45, 7) is 0.354. The van der Waals surface area contributed by atoms with Gasteiger partial charge in [0.1, 0.15) is 5.60 Å². The Kier molecular flexibility index (Phi) is 4.59. The average Bonchev–Trinajstić information content (AvgIpc) is 3.22. The van der Waals surface area contributed by atoms with Gasteiger partial charge in [-0.15, -0.1) is 24.0 Å². The number of fused-ring (bicyclic) bond motifs is 1. The molecule has 0 saturated heterocycles. The van der Waals surface area contributed by atoms with Crippen LogP contribution in [0.15, 0.2) is 29.3 Å². The van der Waals surface area contributed by atoms with Gasteiger partial charge < -0.3 is 15.7 Å². The molecule has 0 amide bonds. The number of nitrogens with zero attached hydrogens (tertiary/aromatic N) is 2. The third-order valence-corrected chi connectivity index (χ3v) is 4.29. The molecule has 0 heterocycles. The molecule has 4 nitrogen and oxygen atoms in total. The summed E-state index contributed by atoms with van der Waals surface area (Å²) in [7, 11) is 1.98. The lowest BCUT2D eigenvalue weighted by Gasteiger charge is -2.23. The van der Waals surface area contributed by atoms with Gasteiger partial charge in [0.25, 0.3) is 0 Å². The second-order valence-corrected chi connectivity index (χ2v) is 5.71. The fourth-order valence-corrected chi connectivity index (χ4v) is 2.80. The second kappa shape index (κ2) is 5.89. The highest BCUT2D eigenvalue weighted by molar-refractivity contribution is 14.0. The van der Waals surface area contributed by atoms with E-state index in [0.29, 0.717) is 18.5 Å². The number of aliphatic imine (C=N–C) groups is 1. The van der Waals surface area contributed by atoms with Crippen LogP contribution in [0.2, 0.25) is 0 Å². The van der Waals surface area contributed by atoms with Gasteiger partial charge >= 0.3 is 0 Å². The van der Waals surface area contributed by atoms with E-state index in [1.165, 1.54) is 18.4 Å². The van der Waals surface area contributed by atoms with Crippen LogP contribution >= 0.6 is 24.0 Å². The molecule has 0 aliphatic heterocycles. The van der Waals surface area contributed by atoms with Crippen LogP contribution in [-0.4, -0.2) is 35.6 Å². The van der Waals surface area contributed by atoms with Crippen molar-refractivity contribution in [3.05, 3.63) is 35.4 Å². The lowest BCUT2D eigenvalue weighted by molar-refractivity contribution is 0.0484. The van der Waals surface area contributed by atoms with Crippen molar-refractivity contribution in [2.75, 3.05) is 13.6 Å². The molecule has 0 bridgehead atoms. The van der Waals surface area contributed by atoms with Crippen LogP contribution < -0.4 is 5.73 Å². The van der Waals surface area contributed by atoms with E-state index < -0.39 is 5.60 Å². The van der Waals surface area contributed by atoms with Crippen molar-refractivity contribution >= 4 is 29.9 Å². The monoisotopic (exact) mass is 387 g/mol. The predicted octanol–water partition coefficient (Wildman–Crippen LogP) is 1.85. The highest BCUT2D eigenvalue weighted by Gasteiger charge is 2.36. The van der Waals surface area contributed by atoms with E-state index in [0.717, 1.165) is 18.4 Å². The van der Waals surface area contributed by atoms with Gasteiger partial charge in [-0.25, -0.2) is 4.99 Å². The molecule has 5 heteroatoms. The molecule has 0 radical (unpaired) electrons. The first-order valence-electron chi connectivity index (χ1n) is 6.94. The highest BCUT2D eigenvalue weighted by atomic mass is 127. The summed E-state index contributed by atoms with van der Waals surface area (Å²) in [5.41, 5.74) is 7.38. The van der Waals surface area contributed by atoms with Crippen LogP contribution in [0.1, 0.15) is 30.4 Å². The summed E-state index contributed by atoms with van der Waals surface area (Å²) in [4.78, 5) is 6.43. The minimum Gasteiger partial charge on any atom is -0.383 e. The lowest BCUT2D eigenvalue weighted by Crippen LogP contribution is -2.37. The largest absolute Gasteiger partial charge is 0.383 e. The van der Waals surface area contributed by atoms with Gasteiger partial charge in [0.05, 0.1) is 6.54 Å². The third kappa shape index (κ3) is 2.93. The molecule has 1 fully saturated rings. The Bertz CT molecular complexity index is 516.